The van der Waals surface area contributed by atoms with Crippen LogP contribution in [0.3, 0.4) is 0 Å². The van der Waals surface area contributed by atoms with Crippen molar-refractivity contribution < 1.29 is 28.7 Å². The second-order valence-corrected chi connectivity index (χ2v) is 15.8. The van der Waals surface area contributed by atoms with Gasteiger partial charge in [-0.25, -0.2) is 19.2 Å². The third kappa shape index (κ3) is 9.31. The maximum absolute atomic E-state index is 13.1. The van der Waals surface area contributed by atoms with Crippen LogP contribution in [-0.2, 0) is 20.8 Å². The fraction of sp³-hybridized carbons (Fsp3) is 0.600. The lowest BCUT2D eigenvalue weighted by atomic mass is 10.0. The van der Waals surface area contributed by atoms with E-state index >= 15 is 0 Å². The van der Waals surface area contributed by atoms with Crippen LogP contribution in [0.25, 0.3) is 5.69 Å². The van der Waals surface area contributed by atoms with E-state index in [1.165, 1.54) is 4.57 Å². The van der Waals surface area contributed by atoms with Gasteiger partial charge in [0.2, 0.25) is 5.91 Å². The summed E-state index contributed by atoms with van der Waals surface area (Å²) in [5.74, 6) is 0.719. The summed E-state index contributed by atoms with van der Waals surface area (Å²) in [5.41, 5.74) is -1.17. The number of fused-ring (bicyclic) bond motifs is 1. The smallest absolute Gasteiger partial charge is 0.408 e. The van der Waals surface area contributed by atoms with Crippen molar-refractivity contribution in [2.45, 2.75) is 84.7 Å². The summed E-state index contributed by atoms with van der Waals surface area (Å²) in [7, 11) is 0. The van der Waals surface area contributed by atoms with Gasteiger partial charge < -0.3 is 29.9 Å². The molecule has 2 atom stereocenters. The van der Waals surface area contributed by atoms with Crippen LogP contribution in [0.2, 0.25) is 0 Å². The molecule has 2 aromatic rings. The van der Waals surface area contributed by atoms with E-state index in [9.17, 15) is 24.0 Å². The number of urea groups is 1. The molecule has 2 unspecified atom stereocenters. The van der Waals surface area contributed by atoms with Crippen molar-refractivity contribution in [1.29, 1.82) is 0 Å². The van der Waals surface area contributed by atoms with Crippen LogP contribution >= 0.6 is 0 Å². The first kappa shape index (κ1) is 36.6. The van der Waals surface area contributed by atoms with Crippen molar-refractivity contribution in [3.8, 4) is 5.69 Å². The number of piperidine rings is 1. The normalized spacial score (nSPS) is 20.8. The molecular formula is C35H50N8O7. The van der Waals surface area contributed by atoms with Gasteiger partial charge in [0.15, 0.2) is 0 Å². The van der Waals surface area contributed by atoms with Gasteiger partial charge in [-0.1, -0.05) is 12.1 Å². The van der Waals surface area contributed by atoms with Gasteiger partial charge in [-0.2, -0.15) is 4.98 Å². The lowest BCUT2D eigenvalue weighted by Gasteiger charge is -2.38. The van der Waals surface area contributed by atoms with E-state index in [-0.39, 0.29) is 50.0 Å². The predicted octanol–water partition coefficient (Wildman–Crippen LogP) is 3.17. The Hall–Kier alpha value is -4.66. The number of amides is 5. The molecule has 3 heterocycles. The second kappa shape index (κ2) is 13.9. The number of alkyl carbamates (subject to hydrolysis) is 2. The maximum atomic E-state index is 13.1. The summed E-state index contributed by atoms with van der Waals surface area (Å²) in [4.78, 5) is 72.9. The molecule has 5 rings (SSSR count). The molecule has 15 nitrogen and oxygen atoms in total. The van der Waals surface area contributed by atoms with Crippen LogP contribution in [0.5, 0.6) is 0 Å². The van der Waals surface area contributed by atoms with Gasteiger partial charge in [0.25, 0.3) is 0 Å². The monoisotopic (exact) mass is 694 g/mol. The fourth-order valence-corrected chi connectivity index (χ4v) is 6.40. The van der Waals surface area contributed by atoms with Crippen molar-refractivity contribution in [2.24, 2.45) is 11.8 Å². The number of nitrogens with zero attached hydrogens (tertiary/aromatic N) is 5. The van der Waals surface area contributed by atoms with Crippen molar-refractivity contribution in [3.05, 3.63) is 52.6 Å². The van der Waals surface area contributed by atoms with E-state index in [0.717, 1.165) is 25.2 Å². The second-order valence-electron chi connectivity index (χ2n) is 15.8. The molecule has 0 radical (unpaired) electrons. The molecule has 2 aliphatic heterocycles. The third-order valence-corrected chi connectivity index (χ3v) is 8.81. The highest BCUT2D eigenvalue weighted by molar-refractivity contribution is 5.90. The number of carbonyl (C=O) groups excluding carboxylic acids is 4. The number of anilines is 1. The summed E-state index contributed by atoms with van der Waals surface area (Å²) < 4.78 is 12.1. The zero-order valence-corrected chi connectivity index (χ0v) is 30.2. The number of hydrogen-bond acceptors (Lipinski definition) is 9. The van der Waals surface area contributed by atoms with E-state index in [1.54, 1.807) is 56.7 Å². The summed E-state index contributed by atoms with van der Waals surface area (Å²) in [6.45, 7) is 17.7. The van der Waals surface area contributed by atoms with Gasteiger partial charge in [0.05, 0.1) is 5.69 Å². The highest BCUT2D eigenvalue weighted by Crippen LogP contribution is 2.46. The molecule has 1 aromatic carbocycles. The molecule has 3 fully saturated rings. The number of nitrogens with one attached hydrogen (secondary N) is 3. The van der Waals surface area contributed by atoms with Gasteiger partial charge in [0, 0.05) is 58.1 Å². The lowest BCUT2D eigenvalue weighted by molar-refractivity contribution is -0.138. The number of rotatable bonds is 7. The predicted molar refractivity (Wildman–Crippen MR) is 186 cm³/mol. The Labute approximate surface area is 292 Å². The van der Waals surface area contributed by atoms with Crippen LogP contribution in [0.1, 0.15) is 61.0 Å². The number of likely N-dealkylation sites (tertiary alicyclic amines) is 1. The maximum Gasteiger partial charge on any atom is 0.408 e. The van der Waals surface area contributed by atoms with Gasteiger partial charge in [-0.3, -0.25) is 19.6 Å². The Morgan fingerprint density at radius 1 is 0.800 bits per heavy atom. The molecule has 1 aromatic heterocycles. The molecule has 0 bridgehead atoms. The quantitative estimate of drug-likeness (QED) is 0.395. The molecule has 2 saturated heterocycles. The topological polar surface area (TPSA) is 167 Å². The van der Waals surface area contributed by atoms with E-state index in [1.807, 2.05) is 45.0 Å². The Morgan fingerprint density at radius 3 is 1.92 bits per heavy atom. The molecule has 15 heteroatoms. The summed E-state index contributed by atoms with van der Waals surface area (Å²) in [5, 5.41) is 8.31. The highest BCUT2D eigenvalue weighted by atomic mass is 16.6. The molecule has 50 heavy (non-hydrogen) atoms. The first-order chi connectivity index (χ1) is 23.3. The van der Waals surface area contributed by atoms with E-state index in [2.05, 4.69) is 25.8 Å². The van der Waals surface area contributed by atoms with Crippen LogP contribution in [-0.4, -0.2) is 110 Å². The number of benzene rings is 1. The Balaban J connectivity index is 1.07. The number of hydrogen-bond donors (Lipinski definition) is 3. The van der Waals surface area contributed by atoms with E-state index in [4.69, 9.17) is 9.47 Å². The van der Waals surface area contributed by atoms with Crippen molar-refractivity contribution in [3.63, 3.8) is 0 Å². The standard InChI is InChI=1S/C35H50N8O7/c1-33(2,3)49-31(47)38-27-24-20-40(21-25(24)27)19-22-9-11-23(12-10-22)43-14-13-26(37-30(43)46)36-29(45)42-17-15-41(16-18-42)28(44)35(7,8)39-32(48)50-34(4,5)6/h9-14,24-25,27H,15-21H2,1-8H3,(H,38,47)(H,39,48)(H,36,37,45,46). The minimum atomic E-state index is -1.19. The number of carbonyl (C=O) groups is 4. The third-order valence-electron chi connectivity index (χ3n) is 8.81. The minimum Gasteiger partial charge on any atom is -0.444 e. The van der Waals surface area contributed by atoms with Crippen LogP contribution < -0.4 is 21.6 Å². The summed E-state index contributed by atoms with van der Waals surface area (Å²) in [6.07, 6.45) is 0.530. The lowest BCUT2D eigenvalue weighted by Crippen LogP contribution is -2.60. The zero-order valence-electron chi connectivity index (χ0n) is 30.2. The van der Waals surface area contributed by atoms with Crippen molar-refractivity contribution >= 4 is 29.9 Å². The zero-order chi connectivity index (χ0) is 36.6. The summed E-state index contributed by atoms with van der Waals surface area (Å²) in [6, 6.07) is 9.01. The molecule has 3 aliphatic rings. The fourth-order valence-electron chi connectivity index (χ4n) is 6.40. The van der Waals surface area contributed by atoms with Gasteiger partial charge in [-0.05, 0) is 91.0 Å². The number of ether oxygens (including phenoxy) is 2. The van der Waals surface area contributed by atoms with E-state index in [0.29, 0.717) is 17.5 Å². The molecule has 0 spiro atoms. The Bertz CT molecular complexity index is 1640. The molecule has 1 saturated carbocycles. The minimum absolute atomic E-state index is 0.126. The molecule has 3 N–H and O–H groups in total. The average Bonchev–Trinajstić information content (AvgIpc) is 3.42. The van der Waals surface area contributed by atoms with E-state index < -0.39 is 34.6 Å². The first-order valence-electron chi connectivity index (χ1n) is 17.1. The van der Waals surface area contributed by atoms with Gasteiger partial charge in [0.1, 0.15) is 22.6 Å². The molecule has 272 valence electrons. The van der Waals surface area contributed by atoms with Gasteiger partial charge >= 0.3 is 23.9 Å². The Morgan fingerprint density at radius 2 is 1.36 bits per heavy atom. The number of piperazine rings is 1. The largest absolute Gasteiger partial charge is 0.444 e. The van der Waals surface area contributed by atoms with Crippen molar-refractivity contribution in [2.75, 3.05) is 44.6 Å². The average molecular weight is 695 g/mol. The molecular weight excluding hydrogens is 644 g/mol. The van der Waals surface area contributed by atoms with Crippen LogP contribution in [0, 0.1) is 11.8 Å². The molecule has 1 aliphatic carbocycles. The number of aromatic nitrogens is 2. The van der Waals surface area contributed by atoms with Gasteiger partial charge in [-0.15, -0.1) is 0 Å². The SMILES string of the molecule is CC(C)(C)OC(=O)NC1C2CN(Cc3ccc(-n4ccc(NC(=O)N5CCN(C(=O)C(C)(C)NC(=O)OC(C)(C)C)CC5)nc4=O)cc3)CC21. The first-order valence-corrected chi connectivity index (χ1v) is 17.1. The Kier molecular flexibility index (Phi) is 10.2. The van der Waals surface area contributed by atoms with Crippen LogP contribution in [0.15, 0.2) is 41.3 Å². The van der Waals surface area contributed by atoms with Crippen LogP contribution in [0.4, 0.5) is 20.2 Å². The summed E-state index contributed by atoms with van der Waals surface area (Å²) >= 11 is 0. The van der Waals surface area contributed by atoms with Crippen molar-refractivity contribution in [1.82, 2.24) is 34.9 Å². The molecule has 5 amide bonds. The highest BCUT2D eigenvalue weighted by Gasteiger charge is 2.56.